The van der Waals surface area contributed by atoms with Crippen molar-refractivity contribution in [3.8, 4) is 0 Å². The van der Waals surface area contributed by atoms with Gasteiger partial charge in [-0.15, -0.1) is 0 Å². The van der Waals surface area contributed by atoms with Crippen LogP contribution in [0.5, 0.6) is 0 Å². The molecule has 2 aromatic rings. The highest BCUT2D eigenvalue weighted by Crippen LogP contribution is 2.19. The van der Waals surface area contributed by atoms with Crippen molar-refractivity contribution in [3.63, 3.8) is 0 Å². The van der Waals surface area contributed by atoms with E-state index in [1.807, 2.05) is 0 Å². The van der Waals surface area contributed by atoms with Gasteiger partial charge in [-0.1, -0.05) is 18.2 Å². The molecule has 0 aliphatic carbocycles. The highest BCUT2D eigenvalue weighted by atomic mass is 19.1. The van der Waals surface area contributed by atoms with Gasteiger partial charge in [0, 0.05) is 17.7 Å². The predicted molar refractivity (Wildman–Crippen MR) is 89.6 cm³/mol. The van der Waals surface area contributed by atoms with Gasteiger partial charge >= 0.3 is 5.97 Å². The van der Waals surface area contributed by atoms with Crippen LogP contribution in [0.25, 0.3) is 0 Å². The summed E-state index contributed by atoms with van der Waals surface area (Å²) in [6.07, 6.45) is -1.09. The zero-order chi connectivity index (χ0) is 18.7. The first-order chi connectivity index (χ1) is 12.5. The number of carboxylic acid groups (broad SMARTS) is 1. The molecule has 1 N–H and O–H groups in total. The molecule has 2 aromatic carbocycles. The zero-order valence-corrected chi connectivity index (χ0v) is 13.7. The topological polar surface area (TPSA) is 83.9 Å². The van der Waals surface area contributed by atoms with Crippen LogP contribution < -0.4 is 0 Å². The average Bonchev–Trinajstić information content (AvgIpc) is 2.67. The molecular weight excluding hydrogens is 341 g/mol. The molecule has 0 aromatic heterocycles. The van der Waals surface area contributed by atoms with Gasteiger partial charge in [0.15, 0.2) is 11.9 Å². The molecule has 134 valence electrons. The molecule has 1 atom stereocenters. The Morgan fingerprint density at radius 3 is 2.35 bits per heavy atom. The third-order valence-electron chi connectivity index (χ3n) is 4.14. The highest BCUT2D eigenvalue weighted by molar-refractivity contribution is 6.15. The summed E-state index contributed by atoms with van der Waals surface area (Å²) >= 11 is 0. The molecule has 1 heterocycles. The Kier molecular flexibility index (Phi) is 5.09. The molecule has 1 fully saturated rings. The van der Waals surface area contributed by atoms with Crippen LogP contribution in [0.2, 0.25) is 0 Å². The lowest BCUT2D eigenvalue weighted by molar-refractivity contribution is -0.154. The Labute approximate surface area is 148 Å². The summed E-state index contributed by atoms with van der Waals surface area (Å²) in [5, 5.41) is 9.07. The molecule has 1 aliphatic rings. The second-order valence-corrected chi connectivity index (χ2v) is 5.83. The van der Waals surface area contributed by atoms with Crippen molar-refractivity contribution >= 4 is 17.7 Å². The van der Waals surface area contributed by atoms with Crippen LogP contribution in [0.3, 0.4) is 0 Å². The first kappa shape index (κ1) is 17.8. The fourth-order valence-electron chi connectivity index (χ4n) is 2.78. The van der Waals surface area contributed by atoms with Crippen LogP contribution in [0.1, 0.15) is 26.3 Å². The van der Waals surface area contributed by atoms with Gasteiger partial charge in [-0.05, 0) is 30.3 Å². The summed E-state index contributed by atoms with van der Waals surface area (Å²) in [6.45, 7) is 0.256. The molecule has 1 unspecified atom stereocenters. The zero-order valence-electron chi connectivity index (χ0n) is 13.7. The second-order valence-electron chi connectivity index (χ2n) is 5.83. The van der Waals surface area contributed by atoms with Gasteiger partial charge in [0.2, 0.25) is 0 Å². The second kappa shape index (κ2) is 7.45. The third kappa shape index (κ3) is 3.62. The van der Waals surface area contributed by atoms with Gasteiger partial charge in [-0.25, -0.2) is 9.18 Å². The number of carboxylic acids is 1. The van der Waals surface area contributed by atoms with Crippen molar-refractivity contribution in [1.29, 1.82) is 0 Å². The van der Waals surface area contributed by atoms with Gasteiger partial charge in [0.1, 0.15) is 5.82 Å². The predicted octanol–water partition coefficient (Wildman–Crippen LogP) is 1.98. The van der Waals surface area contributed by atoms with Gasteiger partial charge in [-0.2, -0.15) is 0 Å². The van der Waals surface area contributed by atoms with Crippen LogP contribution in [0.4, 0.5) is 4.39 Å². The van der Waals surface area contributed by atoms with E-state index < -0.39 is 29.6 Å². The van der Waals surface area contributed by atoms with E-state index in [0.29, 0.717) is 0 Å². The Balaban J connectivity index is 1.89. The number of rotatable bonds is 4. The molecule has 1 amide bonds. The highest BCUT2D eigenvalue weighted by Gasteiger charge is 2.31. The summed E-state index contributed by atoms with van der Waals surface area (Å²) in [4.78, 5) is 38.0. The summed E-state index contributed by atoms with van der Waals surface area (Å²) in [5.74, 6) is -2.44. The summed E-state index contributed by atoms with van der Waals surface area (Å²) < 4.78 is 18.2. The smallest absolute Gasteiger partial charge is 0.334 e. The minimum atomic E-state index is -1.14. The molecule has 1 saturated heterocycles. The molecule has 7 heteroatoms. The number of ketones is 1. The van der Waals surface area contributed by atoms with Crippen LogP contribution in [0.15, 0.2) is 48.5 Å². The van der Waals surface area contributed by atoms with Crippen molar-refractivity contribution in [1.82, 2.24) is 4.90 Å². The minimum absolute atomic E-state index is 0.0900. The SMILES string of the molecule is O=C(c1ccc(F)cc1)c1ccccc1C(=O)N1CCOC(C(=O)O)C1. The quantitative estimate of drug-likeness (QED) is 0.846. The molecule has 0 spiro atoms. The van der Waals surface area contributed by atoms with E-state index >= 15 is 0 Å². The number of morpholine rings is 1. The number of halogens is 1. The third-order valence-corrected chi connectivity index (χ3v) is 4.14. The van der Waals surface area contributed by atoms with E-state index in [1.165, 1.54) is 41.3 Å². The number of amides is 1. The summed E-state index contributed by atoms with van der Waals surface area (Å²) in [7, 11) is 0. The van der Waals surface area contributed by atoms with Crippen molar-refractivity contribution in [3.05, 3.63) is 71.0 Å². The molecule has 26 heavy (non-hydrogen) atoms. The maximum absolute atomic E-state index is 13.1. The largest absolute Gasteiger partial charge is 0.479 e. The molecule has 3 rings (SSSR count). The first-order valence-electron chi connectivity index (χ1n) is 8.00. The lowest BCUT2D eigenvalue weighted by Gasteiger charge is -2.31. The van der Waals surface area contributed by atoms with Crippen LogP contribution in [0, 0.1) is 5.82 Å². The maximum Gasteiger partial charge on any atom is 0.334 e. The normalized spacial score (nSPS) is 17.0. The van der Waals surface area contributed by atoms with Crippen molar-refractivity contribution in [2.24, 2.45) is 0 Å². The number of benzene rings is 2. The Morgan fingerprint density at radius 1 is 1.04 bits per heavy atom. The Morgan fingerprint density at radius 2 is 1.69 bits per heavy atom. The summed E-state index contributed by atoms with van der Waals surface area (Å²) in [6, 6.07) is 11.4. The number of carbonyl (C=O) groups excluding carboxylic acids is 2. The van der Waals surface area contributed by atoms with E-state index in [1.54, 1.807) is 12.1 Å². The minimum Gasteiger partial charge on any atom is -0.479 e. The monoisotopic (exact) mass is 357 g/mol. The average molecular weight is 357 g/mol. The van der Waals surface area contributed by atoms with E-state index in [9.17, 15) is 18.8 Å². The van der Waals surface area contributed by atoms with Gasteiger partial charge < -0.3 is 14.7 Å². The van der Waals surface area contributed by atoms with Crippen molar-refractivity contribution < 1.29 is 28.6 Å². The lowest BCUT2D eigenvalue weighted by atomic mass is 9.97. The number of hydrogen-bond acceptors (Lipinski definition) is 4. The van der Waals surface area contributed by atoms with Gasteiger partial charge in [0.05, 0.1) is 18.7 Å². The fourth-order valence-corrected chi connectivity index (χ4v) is 2.78. The Bertz CT molecular complexity index is 849. The molecule has 0 bridgehead atoms. The Hall–Kier alpha value is -3.06. The number of nitrogens with zero attached hydrogens (tertiary/aromatic N) is 1. The van der Waals surface area contributed by atoms with Crippen LogP contribution >= 0.6 is 0 Å². The molecule has 1 aliphatic heterocycles. The van der Waals surface area contributed by atoms with E-state index in [0.717, 1.165) is 0 Å². The van der Waals surface area contributed by atoms with Gasteiger partial charge in [-0.3, -0.25) is 9.59 Å². The maximum atomic E-state index is 13.1. The van der Waals surface area contributed by atoms with Crippen LogP contribution in [-0.2, 0) is 9.53 Å². The molecule has 0 saturated carbocycles. The van der Waals surface area contributed by atoms with Crippen molar-refractivity contribution in [2.75, 3.05) is 19.7 Å². The molecular formula is C19H16FNO5. The first-order valence-corrected chi connectivity index (χ1v) is 8.00. The number of ether oxygens (including phenoxy) is 1. The fraction of sp³-hybridized carbons (Fsp3) is 0.211. The van der Waals surface area contributed by atoms with Crippen LogP contribution in [-0.4, -0.2) is 53.5 Å². The molecule has 0 radical (unpaired) electrons. The van der Waals surface area contributed by atoms with Gasteiger partial charge in [0.25, 0.3) is 5.91 Å². The molecule has 6 nitrogen and oxygen atoms in total. The van der Waals surface area contributed by atoms with E-state index in [4.69, 9.17) is 9.84 Å². The lowest BCUT2D eigenvalue weighted by Crippen LogP contribution is -2.48. The number of aliphatic carboxylic acids is 1. The number of carbonyl (C=O) groups is 3. The summed E-state index contributed by atoms with van der Waals surface area (Å²) in [5.41, 5.74) is 0.618. The number of hydrogen-bond donors (Lipinski definition) is 1. The standard InChI is InChI=1S/C19H16FNO5/c20-13-7-5-12(6-8-13)17(22)14-3-1-2-4-15(14)18(23)21-9-10-26-16(11-21)19(24)25/h1-8,16H,9-11H2,(H,24,25). The van der Waals surface area contributed by atoms with E-state index in [-0.39, 0.29) is 36.4 Å². The van der Waals surface area contributed by atoms with E-state index in [2.05, 4.69) is 0 Å². The van der Waals surface area contributed by atoms with Crippen molar-refractivity contribution in [2.45, 2.75) is 6.10 Å².